The first-order valence-electron chi connectivity index (χ1n) is 8.10. The minimum atomic E-state index is -0.605. The standard InChI is InChI=1S/C19H22ClNO4/c1-3-15(25-16-9-5-4-8-14(16)20)19(22)21-12-13-24-18-11-7-6-10-17(18)23-2/h4-11,15H,3,12-13H2,1-2H3,(H,21,22). The predicted octanol–water partition coefficient (Wildman–Crippen LogP) is 3.70. The summed E-state index contributed by atoms with van der Waals surface area (Å²) in [5, 5.41) is 3.29. The van der Waals surface area contributed by atoms with E-state index in [1.165, 1.54) is 0 Å². The molecule has 1 atom stereocenters. The van der Waals surface area contributed by atoms with Crippen molar-refractivity contribution in [2.75, 3.05) is 20.3 Å². The summed E-state index contributed by atoms with van der Waals surface area (Å²) in [6.45, 7) is 2.57. The maximum absolute atomic E-state index is 12.3. The van der Waals surface area contributed by atoms with Gasteiger partial charge in [0.25, 0.3) is 5.91 Å². The Labute approximate surface area is 152 Å². The van der Waals surface area contributed by atoms with Gasteiger partial charge in [-0.25, -0.2) is 0 Å². The third kappa shape index (κ3) is 5.57. The summed E-state index contributed by atoms with van der Waals surface area (Å²) >= 11 is 6.06. The molecule has 0 heterocycles. The summed E-state index contributed by atoms with van der Waals surface area (Å²) in [6.07, 6.45) is -0.0732. The van der Waals surface area contributed by atoms with Crippen molar-refractivity contribution in [3.8, 4) is 17.2 Å². The summed E-state index contributed by atoms with van der Waals surface area (Å²) < 4.78 is 16.5. The first-order valence-corrected chi connectivity index (χ1v) is 8.48. The SMILES string of the molecule is CCC(Oc1ccccc1Cl)C(=O)NCCOc1ccccc1OC. The van der Waals surface area contributed by atoms with Gasteiger partial charge in [0, 0.05) is 0 Å². The molecule has 0 radical (unpaired) electrons. The molecule has 2 rings (SSSR count). The van der Waals surface area contributed by atoms with Crippen LogP contribution in [0.5, 0.6) is 17.2 Å². The van der Waals surface area contributed by atoms with E-state index in [9.17, 15) is 4.79 Å². The van der Waals surface area contributed by atoms with E-state index in [0.717, 1.165) is 0 Å². The highest BCUT2D eigenvalue weighted by Crippen LogP contribution is 2.26. The number of benzene rings is 2. The number of carbonyl (C=O) groups excluding carboxylic acids is 1. The highest BCUT2D eigenvalue weighted by molar-refractivity contribution is 6.32. The van der Waals surface area contributed by atoms with Gasteiger partial charge in [0.2, 0.25) is 0 Å². The second-order valence-electron chi connectivity index (χ2n) is 5.24. The third-order valence-electron chi connectivity index (χ3n) is 3.50. The molecule has 0 bridgehead atoms. The Bertz CT molecular complexity index is 693. The van der Waals surface area contributed by atoms with Crippen molar-refractivity contribution in [1.29, 1.82) is 0 Å². The van der Waals surface area contributed by atoms with Gasteiger partial charge in [0.05, 0.1) is 18.7 Å². The van der Waals surface area contributed by atoms with Crippen LogP contribution in [0.15, 0.2) is 48.5 Å². The van der Waals surface area contributed by atoms with Crippen molar-refractivity contribution in [3.63, 3.8) is 0 Å². The number of carbonyl (C=O) groups is 1. The number of halogens is 1. The molecular formula is C19H22ClNO4. The van der Waals surface area contributed by atoms with Crippen LogP contribution in [0.25, 0.3) is 0 Å². The smallest absolute Gasteiger partial charge is 0.261 e. The molecule has 0 aromatic heterocycles. The van der Waals surface area contributed by atoms with E-state index in [1.54, 1.807) is 19.2 Å². The molecule has 5 nitrogen and oxygen atoms in total. The highest BCUT2D eigenvalue weighted by Gasteiger charge is 2.19. The molecule has 1 unspecified atom stereocenters. The van der Waals surface area contributed by atoms with Gasteiger partial charge in [0.15, 0.2) is 17.6 Å². The highest BCUT2D eigenvalue weighted by atomic mass is 35.5. The fraction of sp³-hybridized carbons (Fsp3) is 0.316. The van der Waals surface area contributed by atoms with Crippen LogP contribution in [0.4, 0.5) is 0 Å². The van der Waals surface area contributed by atoms with Crippen molar-refractivity contribution >= 4 is 17.5 Å². The molecule has 0 aliphatic heterocycles. The minimum Gasteiger partial charge on any atom is -0.493 e. The van der Waals surface area contributed by atoms with Crippen LogP contribution in [-0.4, -0.2) is 32.3 Å². The fourth-order valence-corrected chi connectivity index (χ4v) is 2.38. The summed E-state index contributed by atoms with van der Waals surface area (Å²) in [5.41, 5.74) is 0. The van der Waals surface area contributed by atoms with E-state index in [2.05, 4.69) is 5.32 Å². The van der Waals surface area contributed by atoms with E-state index in [4.69, 9.17) is 25.8 Å². The molecule has 25 heavy (non-hydrogen) atoms. The molecule has 0 aliphatic rings. The first kappa shape index (κ1) is 18.9. The fourth-order valence-electron chi connectivity index (χ4n) is 2.20. The van der Waals surface area contributed by atoms with E-state index in [-0.39, 0.29) is 5.91 Å². The van der Waals surface area contributed by atoms with Crippen LogP contribution in [-0.2, 0) is 4.79 Å². The number of ether oxygens (including phenoxy) is 3. The molecule has 0 aliphatic carbocycles. The second kappa shape index (κ2) is 9.79. The van der Waals surface area contributed by atoms with Crippen molar-refractivity contribution in [3.05, 3.63) is 53.6 Å². The number of para-hydroxylation sites is 3. The maximum Gasteiger partial charge on any atom is 0.261 e. The number of nitrogens with one attached hydrogen (secondary N) is 1. The minimum absolute atomic E-state index is 0.203. The van der Waals surface area contributed by atoms with Gasteiger partial charge in [-0.3, -0.25) is 4.79 Å². The summed E-state index contributed by atoms with van der Waals surface area (Å²) in [4.78, 5) is 12.3. The van der Waals surface area contributed by atoms with Gasteiger partial charge in [0.1, 0.15) is 12.4 Å². The molecule has 2 aromatic carbocycles. The average molecular weight is 364 g/mol. The van der Waals surface area contributed by atoms with Crippen LogP contribution in [0.2, 0.25) is 5.02 Å². The van der Waals surface area contributed by atoms with E-state index in [1.807, 2.05) is 43.3 Å². The Morgan fingerprint density at radius 2 is 1.72 bits per heavy atom. The van der Waals surface area contributed by atoms with Crippen LogP contribution in [0.3, 0.4) is 0 Å². The zero-order chi connectivity index (χ0) is 18.1. The molecule has 0 spiro atoms. The summed E-state index contributed by atoms with van der Waals surface area (Å²) in [6, 6.07) is 14.4. The van der Waals surface area contributed by atoms with E-state index in [0.29, 0.717) is 41.8 Å². The number of hydrogen-bond acceptors (Lipinski definition) is 4. The third-order valence-corrected chi connectivity index (χ3v) is 3.81. The largest absolute Gasteiger partial charge is 0.493 e. The molecular weight excluding hydrogens is 342 g/mol. The number of hydrogen-bond donors (Lipinski definition) is 1. The van der Waals surface area contributed by atoms with Crippen molar-refractivity contribution in [1.82, 2.24) is 5.32 Å². The Balaban J connectivity index is 1.81. The molecule has 1 amide bonds. The number of rotatable bonds is 9. The van der Waals surface area contributed by atoms with Gasteiger partial charge >= 0.3 is 0 Å². The van der Waals surface area contributed by atoms with Gasteiger partial charge in [-0.15, -0.1) is 0 Å². The molecule has 6 heteroatoms. The Morgan fingerprint density at radius 1 is 1.08 bits per heavy atom. The first-order chi connectivity index (χ1) is 12.2. The van der Waals surface area contributed by atoms with Crippen LogP contribution < -0.4 is 19.5 Å². The molecule has 0 saturated heterocycles. The zero-order valence-electron chi connectivity index (χ0n) is 14.3. The zero-order valence-corrected chi connectivity index (χ0v) is 15.1. The van der Waals surface area contributed by atoms with E-state index >= 15 is 0 Å². The van der Waals surface area contributed by atoms with Gasteiger partial charge in [-0.2, -0.15) is 0 Å². The van der Waals surface area contributed by atoms with E-state index < -0.39 is 6.10 Å². The summed E-state index contributed by atoms with van der Waals surface area (Å²) in [5.74, 6) is 1.59. The Morgan fingerprint density at radius 3 is 2.36 bits per heavy atom. The lowest BCUT2D eigenvalue weighted by atomic mass is 10.2. The normalized spacial score (nSPS) is 11.5. The van der Waals surface area contributed by atoms with Crippen molar-refractivity contribution in [2.24, 2.45) is 0 Å². The van der Waals surface area contributed by atoms with Crippen molar-refractivity contribution in [2.45, 2.75) is 19.4 Å². The van der Waals surface area contributed by atoms with Crippen LogP contribution >= 0.6 is 11.6 Å². The molecule has 0 fully saturated rings. The molecule has 2 aromatic rings. The number of amides is 1. The lowest BCUT2D eigenvalue weighted by molar-refractivity contribution is -0.128. The van der Waals surface area contributed by atoms with Crippen molar-refractivity contribution < 1.29 is 19.0 Å². The monoisotopic (exact) mass is 363 g/mol. The molecule has 0 saturated carbocycles. The predicted molar refractivity (Wildman–Crippen MR) is 97.7 cm³/mol. The Kier molecular flexibility index (Phi) is 7.41. The Hall–Kier alpha value is -2.40. The van der Waals surface area contributed by atoms with Crippen LogP contribution in [0.1, 0.15) is 13.3 Å². The second-order valence-corrected chi connectivity index (χ2v) is 5.64. The molecule has 134 valence electrons. The topological polar surface area (TPSA) is 56.8 Å². The lowest BCUT2D eigenvalue weighted by Crippen LogP contribution is -2.39. The molecule has 1 N–H and O–H groups in total. The van der Waals surface area contributed by atoms with Gasteiger partial charge < -0.3 is 19.5 Å². The van der Waals surface area contributed by atoms with Gasteiger partial charge in [-0.1, -0.05) is 42.8 Å². The summed E-state index contributed by atoms with van der Waals surface area (Å²) in [7, 11) is 1.59. The average Bonchev–Trinajstić information content (AvgIpc) is 2.64. The lowest BCUT2D eigenvalue weighted by Gasteiger charge is -2.18. The quantitative estimate of drug-likeness (QED) is 0.690. The number of methoxy groups -OCH3 is 1. The maximum atomic E-state index is 12.3. The van der Waals surface area contributed by atoms with Gasteiger partial charge in [-0.05, 0) is 30.7 Å². The van der Waals surface area contributed by atoms with Crippen LogP contribution in [0, 0.1) is 0 Å².